The maximum Gasteiger partial charge on any atom is 0.143 e. The molecule has 26 rings (SSSR count). The topological polar surface area (TPSA) is 26.3 Å². The monoisotopic (exact) mass is 1400 g/mol. The van der Waals surface area contributed by atoms with Gasteiger partial charge in [0.1, 0.15) is 22.3 Å². The third kappa shape index (κ3) is 8.47. The SMILES string of the molecule is [2H]c1c([2H])c(-c2ccc(-c3ccc4ccc5cccc6ccc3c4c56)cc2-c2ccc3ccc4cccc5ccc2c3c45)c2c(oc3c4c([2H])c([2H])c([2H])c([2H])c4c([2H])c([2H])c32)c1[2H].[2H]c1c([2H])c(-c2cccc3oc4c5ccccc5ccc4c23)c(-c2ccc3ccc4cccc5ccc2c3c45)c([2H])c1-c1ccc2ccc3cccc4ccc1c2c34. The van der Waals surface area contributed by atoms with Crippen LogP contribution in [0, 0.1) is 0 Å². The van der Waals surface area contributed by atoms with E-state index < -0.39 is 42.3 Å². The molecule has 2 nitrogen and oxygen atoms in total. The molecule has 0 radical (unpaired) electrons. The van der Waals surface area contributed by atoms with E-state index in [0.29, 0.717) is 27.8 Å². The number of hydrogen-bond acceptors (Lipinski definition) is 2. The molecule has 26 aromatic rings. The van der Waals surface area contributed by atoms with Crippen molar-refractivity contribution in [3.05, 3.63) is 364 Å². The highest BCUT2D eigenvalue weighted by atomic mass is 16.3. The van der Waals surface area contributed by atoms with Gasteiger partial charge in [-0.1, -0.05) is 327 Å². The summed E-state index contributed by atoms with van der Waals surface area (Å²) < 4.78 is 125. The van der Waals surface area contributed by atoms with Crippen LogP contribution in [0.1, 0.15) is 16.4 Å². The molecule has 0 atom stereocenters. The molecule has 2 aromatic heterocycles. The number of fused-ring (bicyclic) bond motifs is 10. The second kappa shape index (κ2) is 22.6. The Morgan fingerprint density at radius 1 is 0.173 bits per heavy atom. The molecule has 504 valence electrons. The van der Waals surface area contributed by atoms with E-state index in [2.05, 4.69) is 249 Å². The lowest BCUT2D eigenvalue weighted by molar-refractivity contribution is 0.672. The molecule has 0 saturated heterocycles. The van der Waals surface area contributed by atoms with Gasteiger partial charge in [0, 0.05) is 32.3 Å². The lowest BCUT2D eigenvalue weighted by Gasteiger charge is -2.19. The third-order valence-corrected chi connectivity index (χ3v) is 23.8. The van der Waals surface area contributed by atoms with Gasteiger partial charge in [0.15, 0.2) is 0 Å². The van der Waals surface area contributed by atoms with Crippen LogP contribution in [0.25, 0.3) is 261 Å². The number of rotatable bonds is 6. The van der Waals surface area contributed by atoms with Crippen LogP contribution in [0.5, 0.6) is 0 Å². The van der Waals surface area contributed by atoms with E-state index in [1.54, 1.807) is 0 Å². The summed E-state index contributed by atoms with van der Waals surface area (Å²) >= 11 is 0. The van der Waals surface area contributed by atoms with Crippen molar-refractivity contribution in [1.29, 1.82) is 0 Å². The van der Waals surface area contributed by atoms with Crippen LogP contribution in [0.15, 0.2) is 373 Å². The molecule has 0 aliphatic heterocycles. The van der Waals surface area contributed by atoms with Crippen LogP contribution in [0.2, 0.25) is 0 Å². The number of furan rings is 2. The first kappa shape index (κ1) is 49.4. The molecule has 0 spiro atoms. The highest BCUT2D eigenvalue weighted by Crippen LogP contribution is 2.52. The standard InChI is InChI=1S/2C54H30O/c2*1-2-11-40-31(6-1)18-29-46-53-43(12-5-13-48(53)55-54(40)46)41-26-23-38(39-24-19-36-16-14-32-7-3-9-34-21-27-44(39)51(36)49(32)34)30-47(41)42-25-20-37-17-15-33-8-4-10-35-22-28-45(42)52(37)50(33)35/h2*1-30H/i1D,2D,5D,6D,11D,12D,13D,18D,29D;23D,26D,30D. The van der Waals surface area contributed by atoms with Crippen LogP contribution >= 0.6 is 0 Å². The van der Waals surface area contributed by atoms with Crippen molar-refractivity contribution in [2.45, 2.75) is 0 Å². The van der Waals surface area contributed by atoms with Gasteiger partial charge in [-0.2, -0.15) is 0 Å². The summed E-state index contributed by atoms with van der Waals surface area (Å²) in [4.78, 5) is 0. The molecular formula is C108H60O2. The average molecular weight is 1400 g/mol. The highest BCUT2D eigenvalue weighted by molar-refractivity contribution is 6.32. The van der Waals surface area contributed by atoms with Crippen molar-refractivity contribution in [1.82, 2.24) is 0 Å². The smallest absolute Gasteiger partial charge is 0.143 e. The van der Waals surface area contributed by atoms with Crippen LogP contribution in [0.4, 0.5) is 0 Å². The summed E-state index contributed by atoms with van der Waals surface area (Å²) in [6.07, 6.45) is 0. The Kier molecular flexibility index (Phi) is 10.1. The Labute approximate surface area is 646 Å². The Morgan fingerprint density at radius 3 is 1.18 bits per heavy atom. The molecule has 0 bridgehead atoms. The fourth-order valence-corrected chi connectivity index (χ4v) is 18.9. The van der Waals surface area contributed by atoms with Gasteiger partial charge < -0.3 is 8.83 Å². The minimum Gasteiger partial charge on any atom is -0.455 e. The first-order valence-electron chi connectivity index (χ1n) is 43.2. The molecule has 0 amide bonds. The largest absolute Gasteiger partial charge is 0.455 e. The Bertz CT molecular complexity index is 9140. The summed E-state index contributed by atoms with van der Waals surface area (Å²) in [5.41, 5.74) is 9.72. The Morgan fingerprint density at radius 2 is 0.600 bits per heavy atom. The second-order valence-electron chi connectivity index (χ2n) is 29.3. The summed E-state index contributed by atoms with van der Waals surface area (Å²) in [6.45, 7) is 0. The van der Waals surface area contributed by atoms with Crippen LogP contribution in [-0.2, 0) is 0 Å². The van der Waals surface area contributed by atoms with Crippen molar-refractivity contribution < 1.29 is 25.3 Å². The molecule has 0 fully saturated rings. The normalized spacial score (nSPS) is 13.9. The van der Waals surface area contributed by atoms with Crippen molar-refractivity contribution in [3.8, 4) is 66.8 Å². The zero-order valence-electron chi connectivity index (χ0n) is 70.5. The maximum atomic E-state index is 10.4. The van der Waals surface area contributed by atoms with E-state index in [4.69, 9.17) is 18.4 Å². The molecular weight excluding hydrogens is 1330 g/mol. The number of hydrogen-bond donors (Lipinski definition) is 0. The zero-order valence-corrected chi connectivity index (χ0v) is 58.5. The first-order chi connectivity index (χ1) is 59.5. The highest BCUT2D eigenvalue weighted by Gasteiger charge is 2.25. The fourth-order valence-electron chi connectivity index (χ4n) is 18.9. The van der Waals surface area contributed by atoms with Crippen LogP contribution in [0.3, 0.4) is 0 Å². The van der Waals surface area contributed by atoms with Gasteiger partial charge in [-0.05, 0) is 243 Å². The molecule has 0 N–H and O–H groups in total. The zero-order chi connectivity index (χ0) is 82.0. The van der Waals surface area contributed by atoms with Gasteiger partial charge in [-0.25, -0.2) is 0 Å². The molecule has 2 heteroatoms. The summed E-state index contributed by atoms with van der Waals surface area (Å²) in [5.74, 6) is 0. The summed E-state index contributed by atoms with van der Waals surface area (Å²) in [5, 5.41) is 30.8. The van der Waals surface area contributed by atoms with Gasteiger partial charge >= 0.3 is 0 Å². The predicted octanol–water partition coefficient (Wildman–Crippen LogP) is 31.1. The van der Waals surface area contributed by atoms with Crippen molar-refractivity contribution in [2.24, 2.45) is 0 Å². The molecule has 2 heterocycles. The predicted molar refractivity (Wildman–Crippen MR) is 470 cm³/mol. The van der Waals surface area contributed by atoms with E-state index in [1.165, 1.54) is 21.5 Å². The van der Waals surface area contributed by atoms with Gasteiger partial charge in [-0.15, -0.1) is 0 Å². The minimum atomic E-state index is -0.535. The van der Waals surface area contributed by atoms with Gasteiger partial charge in [0.05, 0.1) is 16.4 Å². The summed E-state index contributed by atoms with van der Waals surface area (Å²) in [6, 6.07) is 98.0. The molecule has 110 heavy (non-hydrogen) atoms. The second-order valence-corrected chi connectivity index (χ2v) is 29.3. The fraction of sp³-hybridized carbons (Fsp3) is 0. The molecule has 0 aliphatic rings. The lowest BCUT2D eigenvalue weighted by atomic mass is 9.84. The van der Waals surface area contributed by atoms with Crippen LogP contribution < -0.4 is 0 Å². The minimum absolute atomic E-state index is 0.0340. The number of benzene rings is 24. The van der Waals surface area contributed by atoms with E-state index in [1.807, 2.05) is 42.5 Å². The van der Waals surface area contributed by atoms with Gasteiger partial charge in [0.25, 0.3) is 0 Å². The molecule has 0 aliphatic carbocycles. The Hall–Kier alpha value is -14.4. The van der Waals surface area contributed by atoms with Crippen molar-refractivity contribution in [2.75, 3.05) is 0 Å². The average Bonchev–Trinajstić information content (AvgIpc) is 1.40. The van der Waals surface area contributed by atoms with Crippen molar-refractivity contribution >= 4 is 195 Å². The third-order valence-electron chi connectivity index (χ3n) is 23.8. The molecule has 24 aromatic carbocycles. The summed E-state index contributed by atoms with van der Waals surface area (Å²) in [7, 11) is 0. The van der Waals surface area contributed by atoms with Gasteiger partial charge in [-0.3, -0.25) is 0 Å². The maximum absolute atomic E-state index is 10.4. The van der Waals surface area contributed by atoms with Crippen LogP contribution in [-0.4, -0.2) is 0 Å². The first-order valence-corrected chi connectivity index (χ1v) is 37.2. The van der Waals surface area contributed by atoms with E-state index >= 15 is 0 Å². The van der Waals surface area contributed by atoms with E-state index in [-0.39, 0.29) is 68.5 Å². The quantitative estimate of drug-likeness (QED) is 0.155. The van der Waals surface area contributed by atoms with Crippen molar-refractivity contribution in [3.63, 3.8) is 0 Å². The molecule has 0 saturated carbocycles. The van der Waals surface area contributed by atoms with E-state index in [0.717, 1.165) is 174 Å². The van der Waals surface area contributed by atoms with E-state index in [9.17, 15) is 6.85 Å². The van der Waals surface area contributed by atoms with Gasteiger partial charge in [0.2, 0.25) is 0 Å². The Balaban J connectivity index is 0.000000135. The lowest BCUT2D eigenvalue weighted by Crippen LogP contribution is -1.92. The molecule has 0 unspecified atom stereocenters.